The summed E-state index contributed by atoms with van der Waals surface area (Å²) in [7, 11) is 0. The van der Waals surface area contributed by atoms with E-state index < -0.39 is 0 Å². The van der Waals surface area contributed by atoms with Crippen LogP contribution in [0.1, 0.15) is 78.6 Å². The molecule has 3 atom stereocenters. The molecule has 0 radical (unpaired) electrons. The highest BCUT2D eigenvalue weighted by atomic mass is 35.5. The number of hydrogen-bond donors (Lipinski definition) is 5. The van der Waals surface area contributed by atoms with Crippen molar-refractivity contribution in [3.8, 4) is 17.1 Å². The van der Waals surface area contributed by atoms with Crippen LogP contribution in [0, 0.1) is 6.92 Å². The second kappa shape index (κ2) is 27.5. The molecule has 93 heavy (non-hydrogen) atoms. The summed E-state index contributed by atoms with van der Waals surface area (Å²) in [6, 6.07) is 58.0. The minimum atomic E-state index is -0.336. The van der Waals surface area contributed by atoms with Gasteiger partial charge in [-0.25, -0.2) is 19.7 Å². The quantitative estimate of drug-likeness (QED) is 0.0647. The van der Waals surface area contributed by atoms with E-state index in [1.807, 2.05) is 185 Å². The Balaban J connectivity index is 0.000000143. The van der Waals surface area contributed by atoms with Crippen LogP contribution in [0.15, 0.2) is 250 Å². The lowest BCUT2D eigenvalue weighted by Gasteiger charge is -2.23. The van der Waals surface area contributed by atoms with Gasteiger partial charge in [0, 0.05) is 52.1 Å². The van der Waals surface area contributed by atoms with Crippen LogP contribution < -0.4 is 43.7 Å². The maximum atomic E-state index is 13.6. The largest absolute Gasteiger partial charge is 0.377 e. The summed E-state index contributed by atoms with van der Waals surface area (Å²) in [5.41, 5.74) is 7.91. The van der Waals surface area contributed by atoms with Crippen LogP contribution in [0.4, 0.5) is 0 Å². The average molecular weight is 1290 g/mol. The van der Waals surface area contributed by atoms with E-state index in [9.17, 15) is 24.0 Å². The van der Waals surface area contributed by atoms with Crippen molar-refractivity contribution in [2.45, 2.75) is 45.8 Å². The van der Waals surface area contributed by atoms with Crippen molar-refractivity contribution in [2.24, 2.45) is 0 Å². The molecule has 7 heterocycles. The fraction of sp³-hybridized carbons (Fsp3) is 0.0972. The predicted molar refractivity (Wildman–Crippen MR) is 373 cm³/mol. The summed E-state index contributed by atoms with van der Waals surface area (Å²) in [5.74, 6) is 0. The molecule has 0 saturated carbocycles. The van der Waals surface area contributed by atoms with E-state index in [0.717, 1.165) is 50.3 Å². The van der Waals surface area contributed by atoms with Crippen molar-refractivity contribution in [3.63, 3.8) is 0 Å². The molecule has 21 heteroatoms. The first-order valence-corrected chi connectivity index (χ1v) is 30.5. The Morgan fingerprint density at radius 2 is 0.882 bits per heavy atom. The first-order valence-electron chi connectivity index (χ1n) is 29.3. The molecular weight excluding hydrogens is 1230 g/mol. The van der Waals surface area contributed by atoms with Gasteiger partial charge in [0.1, 0.15) is 11.4 Å². The van der Waals surface area contributed by atoms with Gasteiger partial charge in [0.05, 0.1) is 78.2 Å². The Hall–Kier alpha value is -11.2. The van der Waals surface area contributed by atoms with Gasteiger partial charge in [-0.05, 0) is 141 Å². The first-order chi connectivity index (χ1) is 44.8. The summed E-state index contributed by atoms with van der Waals surface area (Å²) >= 11 is 19.1. The average Bonchev–Trinajstić information content (AvgIpc) is 1.45. The lowest BCUT2D eigenvalue weighted by atomic mass is 10.1. The topological polar surface area (TPSA) is 224 Å². The minimum Gasteiger partial charge on any atom is -0.377 e. The number of aromatic nitrogens is 10. The number of imidazole rings is 1. The summed E-state index contributed by atoms with van der Waals surface area (Å²) < 4.78 is 6.69. The number of halogens is 3. The van der Waals surface area contributed by atoms with Crippen molar-refractivity contribution in [2.75, 3.05) is 0 Å². The summed E-state index contributed by atoms with van der Waals surface area (Å²) in [6.45, 7) is 19.8. The predicted octanol–water partition coefficient (Wildman–Crippen LogP) is 13.4. The van der Waals surface area contributed by atoms with E-state index in [-0.39, 0.29) is 45.9 Å². The van der Waals surface area contributed by atoms with E-state index in [2.05, 4.69) is 66.2 Å². The molecule has 13 rings (SSSR count). The Morgan fingerprint density at radius 1 is 0.462 bits per heavy atom. The summed E-state index contributed by atoms with van der Waals surface area (Å²) in [5, 5.41) is 31.9. The molecule has 7 aromatic heterocycles. The Labute approximate surface area is 547 Å². The van der Waals surface area contributed by atoms with Crippen LogP contribution in [0.25, 0.3) is 72.1 Å². The normalized spacial score (nSPS) is 12.0. The Kier molecular flexibility index (Phi) is 18.7. The lowest BCUT2D eigenvalue weighted by Crippen LogP contribution is -2.29. The van der Waals surface area contributed by atoms with Gasteiger partial charge in [-0.2, -0.15) is 15.3 Å². The van der Waals surface area contributed by atoms with Gasteiger partial charge in [0.25, 0.3) is 27.8 Å². The summed E-state index contributed by atoms with van der Waals surface area (Å²) in [6.07, 6.45) is 3.53. The molecule has 13 aromatic rings. The van der Waals surface area contributed by atoms with Gasteiger partial charge >= 0.3 is 0 Å². The van der Waals surface area contributed by atoms with E-state index >= 15 is 0 Å². The number of fused-ring (bicyclic) bond motifs is 4. The van der Waals surface area contributed by atoms with Crippen molar-refractivity contribution in [1.82, 2.24) is 64.6 Å². The maximum absolute atomic E-state index is 13.6. The number of aryl methyl sites for hydroxylation is 1. The standard InChI is InChI=1S/C25H20ClN5O.C24H21ClN4O2.C23H19ClN4O2/c1-16(21-15-30-23(29-21)12-7-13-27-30)28-17(2)22-14-18-8-6-11-20(26)24(18)25(32)31(22)19-9-4-3-5-10-19;1-14-12-19(23(30)28-27-14)15(2)26-16(3)21-13-17-8-7-11-20(25)22(17)24(31)29(21)18-9-5-4-6-10-18;1-14(19-11-12-21(29)27-26-19)25-15(2)20-13-16-7-6-10-18(24)22(16)23(30)28(20)17-8-4-3-5-9-17/h3-15,17,28H,1H2,2H3;4-13,16,26H,2H2,1,3H3,(H,28,30);3-13,15,25H,1H2,2H3,(H,27,29)/t17-;16-;15-/m000/s1. The zero-order chi connectivity index (χ0) is 65.6. The molecule has 0 saturated heterocycles. The van der Waals surface area contributed by atoms with E-state index in [1.54, 1.807) is 61.7 Å². The van der Waals surface area contributed by atoms with E-state index in [0.29, 0.717) is 76.7 Å². The fourth-order valence-corrected chi connectivity index (χ4v) is 11.7. The Bertz CT molecular complexity index is 5280. The molecule has 0 spiro atoms. The molecule has 0 aliphatic rings. The van der Waals surface area contributed by atoms with Gasteiger partial charge in [0.15, 0.2) is 5.65 Å². The second-order valence-electron chi connectivity index (χ2n) is 21.8. The van der Waals surface area contributed by atoms with Crippen LogP contribution in [0.5, 0.6) is 0 Å². The molecular formula is C72H60Cl3N13O5. The zero-order valence-corrected chi connectivity index (χ0v) is 53.0. The van der Waals surface area contributed by atoms with Crippen LogP contribution >= 0.6 is 34.8 Å². The lowest BCUT2D eigenvalue weighted by molar-refractivity contribution is 0.649. The van der Waals surface area contributed by atoms with Crippen LogP contribution in [-0.4, -0.2) is 48.7 Å². The van der Waals surface area contributed by atoms with Gasteiger partial charge in [-0.3, -0.25) is 37.7 Å². The van der Waals surface area contributed by atoms with Crippen molar-refractivity contribution >= 4 is 89.9 Å². The SMILES string of the molecule is C=C(N[C@@H](C)c1cc2cccc(Cl)c2c(=O)n1-c1ccccc1)c1cc(C)n[nH]c1=O.C=C(N[C@@H](C)c1cc2cccc(Cl)c2c(=O)n1-c1ccccc1)c1ccc(=O)[nH]n1.C=C(N[C@@H](C)c1cc2cccc(Cl)c2c(=O)n1-c1ccccc1)c1cn2ncccc2n1. The van der Waals surface area contributed by atoms with E-state index in [1.165, 1.54) is 6.07 Å². The third-order valence-corrected chi connectivity index (χ3v) is 16.4. The molecule has 0 aliphatic heterocycles. The van der Waals surface area contributed by atoms with Crippen LogP contribution in [-0.2, 0) is 0 Å². The number of nitrogens with one attached hydrogen (secondary N) is 5. The highest BCUT2D eigenvalue weighted by molar-refractivity contribution is 6.36. The van der Waals surface area contributed by atoms with Crippen molar-refractivity contribution in [3.05, 3.63) is 333 Å². The van der Waals surface area contributed by atoms with Gasteiger partial charge < -0.3 is 16.0 Å². The molecule has 0 unspecified atom stereocenters. The molecule has 18 nitrogen and oxygen atoms in total. The van der Waals surface area contributed by atoms with Gasteiger partial charge in [-0.1, -0.05) is 146 Å². The molecule has 0 fully saturated rings. The van der Waals surface area contributed by atoms with Crippen molar-refractivity contribution < 1.29 is 0 Å². The molecule has 6 aromatic carbocycles. The van der Waals surface area contributed by atoms with Crippen LogP contribution in [0.3, 0.4) is 0 Å². The van der Waals surface area contributed by atoms with Crippen LogP contribution in [0.2, 0.25) is 15.1 Å². The van der Waals surface area contributed by atoms with Gasteiger partial charge in [-0.15, -0.1) is 0 Å². The zero-order valence-electron chi connectivity index (χ0n) is 50.7. The fourth-order valence-electron chi connectivity index (χ4n) is 11.0. The number of H-pyrrole nitrogens is 2. The van der Waals surface area contributed by atoms with Crippen molar-refractivity contribution in [1.29, 1.82) is 0 Å². The van der Waals surface area contributed by atoms with E-state index in [4.69, 9.17) is 34.8 Å². The molecule has 464 valence electrons. The number of aromatic amines is 2. The second-order valence-corrected chi connectivity index (χ2v) is 23.0. The summed E-state index contributed by atoms with van der Waals surface area (Å²) in [4.78, 5) is 68.5. The maximum Gasteiger partial charge on any atom is 0.273 e. The number of benzene rings is 6. The molecule has 5 N–H and O–H groups in total. The first kappa shape index (κ1) is 63.4. The minimum absolute atomic E-state index is 0.162. The monoisotopic (exact) mass is 1290 g/mol. The highest BCUT2D eigenvalue weighted by Crippen LogP contribution is 2.30. The molecule has 0 bridgehead atoms. The Morgan fingerprint density at radius 3 is 1.29 bits per heavy atom. The highest BCUT2D eigenvalue weighted by Gasteiger charge is 2.23. The number of nitrogens with zero attached hydrogens (tertiary/aromatic N) is 8. The third kappa shape index (κ3) is 13.5. The number of para-hydroxylation sites is 3. The van der Waals surface area contributed by atoms with Gasteiger partial charge in [0.2, 0.25) is 0 Å². The smallest absolute Gasteiger partial charge is 0.273 e. The molecule has 0 amide bonds. The molecule has 0 aliphatic carbocycles. The number of hydrogen-bond acceptors (Lipinski definition) is 12. The number of pyridine rings is 3. The number of rotatable bonds is 15. The third-order valence-electron chi connectivity index (χ3n) is 15.4.